The van der Waals surface area contributed by atoms with Gasteiger partial charge in [-0.05, 0) is 41.3 Å². The van der Waals surface area contributed by atoms with Gasteiger partial charge in [0.25, 0.3) is 5.92 Å². The third kappa shape index (κ3) is 7.80. The predicted octanol–water partition coefficient (Wildman–Crippen LogP) is 4.51. The Balaban J connectivity index is 1.45. The lowest BCUT2D eigenvalue weighted by Crippen LogP contribution is -2.44. The molecular weight excluding hydrogens is 498 g/mol. The monoisotopic (exact) mass is 532 g/mol. The Labute approximate surface area is 222 Å². The summed E-state index contributed by atoms with van der Waals surface area (Å²) in [6.45, 7) is 5.27. The predicted molar refractivity (Wildman–Crippen MR) is 142 cm³/mol. The van der Waals surface area contributed by atoms with E-state index in [0.717, 1.165) is 31.6 Å². The maximum atomic E-state index is 13.6. The number of fused-ring (bicyclic) bond motifs is 1. The van der Waals surface area contributed by atoms with Crippen LogP contribution in [-0.4, -0.2) is 84.5 Å². The van der Waals surface area contributed by atoms with Crippen molar-refractivity contribution in [2.75, 3.05) is 53.0 Å². The Morgan fingerprint density at radius 2 is 1.97 bits per heavy atom. The second kappa shape index (κ2) is 12.9. The maximum Gasteiger partial charge on any atom is 0.250 e. The number of likely N-dealkylation sites (tertiary alicyclic amines) is 1. The molecule has 0 N–H and O–H groups in total. The lowest BCUT2D eigenvalue weighted by Gasteiger charge is -2.33. The Morgan fingerprint density at radius 3 is 2.73 bits per heavy atom. The number of carbonyl (C=O) groups is 1. The zero-order valence-corrected chi connectivity index (χ0v) is 22.1. The van der Waals surface area contributed by atoms with Gasteiger partial charge in [-0.25, -0.2) is 8.78 Å². The van der Waals surface area contributed by atoms with Crippen LogP contribution in [0, 0.1) is 0 Å². The number of hydrogen-bond donors (Lipinski definition) is 0. The number of pyridine rings is 1. The molecule has 9 heteroatoms. The summed E-state index contributed by atoms with van der Waals surface area (Å²) in [5.41, 5.74) is 4.21. The van der Waals surface area contributed by atoms with Gasteiger partial charge in [-0.1, -0.05) is 29.8 Å². The molecule has 0 unspecified atom stereocenters. The number of hydrogen-bond acceptors (Lipinski definition) is 5. The van der Waals surface area contributed by atoms with Gasteiger partial charge in [-0.3, -0.25) is 14.7 Å². The zero-order chi connectivity index (χ0) is 26.3. The second-order valence-corrected chi connectivity index (χ2v) is 10.1. The third-order valence-electron chi connectivity index (χ3n) is 7.16. The molecule has 37 heavy (non-hydrogen) atoms. The highest BCUT2D eigenvalue weighted by molar-refractivity contribution is 6.31. The molecule has 1 aromatic heterocycles. The molecule has 0 aliphatic carbocycles. The molecule has 1 amide bonds. The summed E-state index contributed by atoms with van der Waals surface area (Å²) < 4.78 is 32.3. The summed E-state index contributed by atoms with van der Waals surface area (Å²) >= 11 is 6.33. The molecule has 2 aliphatic heterocycles. The van der Waals surface area contributed by atoms with Crippen LogP contribution in [-0.2, 0) is 29.0 Å². The minimum absolute atomic E-state index is 0.144. The van der Waals surface area contributed by atoms with Crippen molar-refractivity contribution in [3.8, 4) is 0 Å². The third-order valence-corrected chi connectivity index (χ3v) is 7.50. The van der Waals surface area contributed by atoms with Crippen LogP contribution in [0.4, 0.5) is 8.78 Å². The largest absolute Gasteiger partial charge is 0.383 e. The van der Waals surface area contributed by atoms with Gasteiger partial charge in [-0.2, -0.15) is 0 Å². The number of rotatable bonds is 10. The van der Waals surface area contributed by atoms with Crippen LogP contribution < -0.4 is 0 Å². The minimum Gasteiger partial charge on any atom is -0.383 e. The normalized spacial score (nSPS) is 18.2. The highest BCUT2D eigenvalue weighted by atomic mass is 35.5. The smallest absolute Gasteiger partial charge is 0.250 e. The molecule has 0 bridgehead atoms. The quantitative estimate of drug-likeness (QED) is 0.421. The van der Waals surface area contributed by atoms with Gasteiger partial charge in [0.05, 0.1) is 23.9 Å². The molecule has 1 fully saturated rings. The first-order chi connectivity index (χ1) is 17.8. The van der Waals surface area contributed by atoms with Gasteiger partial charge in [0.2, 0.25) is 5.91 Å². The Hall–Kier alpha value is -2.39. The van der Waals surface area contributed by atoms with Gasteiger partial charge >= 0.3 is 0 Å². The number of amides is 1. The molecule has 0 radical (unpaired) electrons. The molecule has 3 heterocycles. The highest BCUT2D eigenvalue weighted by Gasteiger charge is 2.34. The van der Waals surface area contributed by atoms with E-state index in [9.17, 15) is 13.6 Å². The van der Waals surface area contributed by atoms with Crippen LogP contribution in [0.5, 0.6) is 0 Å². The fourth-order valence-corrected chi connectivity index (χ4v) is 5.06. The van der Waals surface area contributed by atoms with Gasteiger partial charge in [0.15, 0.2) is 0 Å². The van der Waals surface area contributed by atoms with Crippen LogP contribution in [0.25, 0.3) is 6.08 Å². The second-order valence-electron chi connectivity index (χ2n) is 9.73. The van der Waals surface area contributed by atoms with E-state index in [1.807, 2.05) is 23.1 Å². The van der Waals surface area contributed by atoms with Gasteiger partial charge in [-0.15, -0.1) is 0 Å². The first-order valence-electron chi connectivity index (χ1n) is 12.8. The van der Waals surface area contributed by atoms with Crippen LogP contribution >= 0.6 is 11.6 Å². The summed E-state index contributed by atoms with van der Waals surface area (Å²) in [5.74, 6) is -2.74. The first-order valence-corrected chi connectivity index (χ1v) is 13.2. The molecule has 200 valence electrons. The van der Waals surface area contributed by atoms with Crippen LogP contribution in [0.15, 0.2) is 42.6 Å². The number of carbonyl (C=O) groups excluding carboxylic acids is 1. The Kier molecular flexibility index (Phi) is 9.65. The lowest BCUT2D eigenvalue weighted by molar-refractivity contribution is -0.127. The van der Waals surface area contributed by atoms with E-state index in [4.69, 9.17) is 16.3 Å². The molecular formula is C28H35ClF2N4O2. The van der Waals surface area contributed by atoms with E-state index in [-0.39, 0.29) is 25.3 Å². The number of aromatic nitrogens is 1. The van der Waals surface area contributed by atoms with E-state index < -0.39 is 5.92 Å². The number of methoxy groups -OCH3 is 1. The molecule has 0 spiro atoms. The molecule has 1 saturated heterocycles. The van der Waals surface area contributed by atoms with Crippen molar-refractivity contribution in [1.82, 2.24) is 19.7 Å². The summed E-state index contributed by atoms with van der Waals surface area (Å²) in [6.07, 6.45) is 5.78. The SMILES string of the molecule is COCCN1CCc2c(/C=C/C(=O)N(CCN3CCC(F)(F)CC3)Cc3ncccc3Cl)cccc2C1. The van der Waals surface area contributed by atoms with Crippen LogP contribution in [0.2, 0.25) is 5.02 Å². The maximum absolute atomic E-state index is 13.6. The first kappa shape index (κ1) is 27.6. The van der Waals surface area contributed by atoms with Crippen molar-refractivity contribution in [1.29, 1.82) is 0 Å². The number of halogens is 3. The minimum atomic E-state index is -2.59. The van der Waals surface area contributed by atoms with E-state index in [0.29, 0.717) is 43.5 Å². The van der Waals surface area contributed by atoms with Crippen molar-refractivity contribution in [3.63, 3.8) is 0 Å². The number of benzene rings is 1. The van der Waals surface area contributed by atoms with Crippen molar-refractivity contribution < 1.29 is 18.3 Å². The van der Waals surface area contributed by atoms with Gasteiger partial charge in [0.1, 0.15) is 0 Å². The van der Waals surface area contributed by atoms with E-state index in [1.165, 1.54) is 11.1 Å². The standard InChI is InChI=1S/C28H35ClF2N4O2/c1-37-19-18-34-13-9-24-22(4-2-5-23(24)20-34)7-8-27(36)35(21-26-25(29)6-3-12-32-26)17-16-33-14-10-28(30,31)11-15-33/h2-8,12H,9-11,13-21H2,1H3/b8-7+. The number of nitrogens with zero attached hydrogens (tertiary/aromatic N) is 4. The molecule has 4 rings (SSSR count). The Bertz CT molecular complexity index is 1090. The number of piperidine rings is 1. The summed E-state index contributed by atoms with van der Waals surface area (Å²) in [7, 11) is 1.72. The Morgan fingerprint density at radius 1 is 1.16 bits per heavy atom. The van der Waals surface area contributed by atoms with Gasteiger partial charge < -0.3 is 14.5 Å². The van der Waals surface area contributed by atoms with Crippen molar-refractivity contribution in [2.24, 2.45) is 0 Å². The molecule has 2 aromatic rings. The summed E-state index contributed by atoms with van der Waals surface area (Å²) in [4.78, 5) is 23.8. The van der Waals surface area contributed by atoms with E-state index >= 15 is 0 Å². The molecule has 2 aliphatic rings. The summed E-state index contributed by atoms with van der Waals surface area (Å²) in [6, 6.07) is 9.72. The van der Waals surface area contributed by atoms with Gasteiger partial charge in [0, 0.05) is 78.0 Å². The lowest BCUT2D eigenvalue weighted by atomic mass is 9.94. The average Bonchev–Trinajstić information content (AvgIpc) is 2.90. The van der Waals surface area contributed by atoms with Crippen molar-refractivity contribution >= 4 is 23.6 Å². The number of alkyl halides is 2. The van der Waals surface area contributed by atoms with E-state index in [1.54, 1.807) is 36.4 Å². The van der Waals surface area contributed by atoms with Crippen molar-refractivity contribution in [3.05, 3.63) is 70.0 Å². The average molecular weight is 533 g/mol. The topological polar surface area (TPSA) is 48.9 Å². The fraction of sp³-hybridized carbons (Fsp3) is 0.500. The number of ether oxygens (including phenoxy) is 1. The van der Waals surface area contributed by atoms with E-state index in [2.05, 4.69) is 16.0 Å². The molecule has 6 nitrogen and oxygen atoms in total. The fourth-order valence-electron chi connectivity index (χ4n) is 4.88. The molecule has 0 saturated carbocycles. The summed E-state index contributed by atoms with van der Waals surface area (Å²) in [5, 5.41) is 0.497. The molecule has 1 aromatic carbocycles. The zero-order valence-electron chi connectivity index (χ0n) is 21.3. The van der Waals surface area contributed by atoms with Crippen molar-refractivity contribution in [2.45, 2.75) is 38.3 Å². The van der Waals surface area contributed by atoms with Crippen LogP contribution in [0.3, 0.4) is 0 Å². The highest BCUT2D eigenvalue weighted by Crippen LogP contribution is 2.28. The molecule has 0 atom stereocenters. The van der Waals surface area contributed by atoms with Crippen LogP contribution in [0.1, 0.15) is 35.2 Å².